The average Bonchev–Trinajstić information content (AvgIpc) is 2.46. The summed E-state index contributed by atoms with van der Waals surface area (Å²) in [6.07, 6.45) is 2.77. The zero-order chi connectivity index (χ0) is 14.4. The zero-order valence-corrected chi connectivity index (χ0v) is 12.9. The van der Waals surface area contributed by atoms with Crippen molar-refractivity contribution in [1.29, 1.82) is 0 Å². The molecular weight excluding hydrogens is 296 g/mol. The Balaban J connectivity index is 2.07. The van der Waals surface area contributed by atoms with Gasteiger partial charge in [-0.1, -0.05) is 35.5 Å². The molecular formula is C14H15ClN2O2S. The van der Waals surface area contributed by atoms with Gasteiger partial charge in [0.1, 0.15) is 10.9 Å². The first kappa shape index (κ1) is 15.1. The van der Waals surface area contributed by atoms with Gasteiger partial charge in [0.05, 0.1) is 6.61 Å². The molecule has 0 saturated heterocycles. The van der Waals surface area contributed by atoms with E-state index in [-0.39, 0.29) is 0 Å². The van der Waals surface area contributed by atoms with Gasteiger partial charge in [-0.15, -0.1) is 0 Å². The van der Waals surface area contributed by atoms with Crippen molar-refractivity contribution in [1.82, 2.24) is 9.97 Å². The number of methoxy groups -OCH3 is 1. The van der Waals surface area contributed by atoms with Crippen LogP contribution in [0.4, 0.5) is 0 Å². The molecule has 0 atom stereocenters. The summed E-state index contributed by atoms with van der Waals surface area (Å²) in [6, 6.07) is 9.42. The van der Waals surface area contributed by atoms with Crippen LogP contribution in [0.25, 0.3) is 0 Å². The summed E-state index contributed by atoms with van der Waals surface area (Å²) in [5.41, 5.74) is 1.20. The highest BCUT2D eigenvalue weighted by atomic mass is 35.5. The first-order valence-electron chi connectivity index (χ1n) is 6.05. The normalized spacial score (nSPS) is 10.6. The SMILES string of the molecule is COCCc1ccc(Oc2cc(Cl)nc(SC)n2)cc1. The number of thioether (sulfide) groups is 1. The second-order valence-corrected chi connectivity index (χ2v) is 5.17. The van der Waals surface area contributed by atoms with Gasteiger partial charge < -0.3 is 9.47 Å². The maximum Gasteiger partial charge on any atom is 0.224 e. The fourth-order valence-corrected chi connectivity index (χ4v) is 2.18. The number of aromatic nitrogens is 2. The van der Waals surface area contributed by atoms with Crippen molar-refractivity contribution in [3.05, 3.63) is 41.0 Å². The molecule has 106 valence electrons. The highest BCUT2D eigenvalue weighted by molar-refractivity contribution is 7.98. The number of hydrogen-bond donors (Lipinski definition) is 0. The van der Waals surface area contributed by atoms with Crippen LogP contribution in [0.1, 0.15) is 5.56 Å². The average molecular weight is 311 g/mol. The lowest BCUT2D eigenvalue weighted by molar-refractivity contribution is 0.202. The maximum absolute atomic E-state index is 5.92. The molecule has 0 saturated carbocycles. The van der Waals surface area contributed by atoms with Crippen LogP contribution >= 0.6 is 23.4 Å². The van der Waals surface area contributed by atoms with Gasteiger partial charge in [-0.3, -0.25) is 0 Å². The van der Waals surface area contributed by atoms with E-state index in [1.54, 1.807) is 13.2 Å². The molecule has 0 fully saturated rings. The molecule has 1 aromatic heterocycles. The lowest BCUT2D eigenvalue weighted by Gasteiger charge is -2.07. The Morgan fingerprint density at radius 1 is 1.20 bits per heavy atom. The van der Waals surface area contributed by atoms with Crippen molar-refractivity contribution in [3.63, 3.8) is 0 Å². The predicted octanol–water partition coefficient (Wildman–Crippen LogP) is 3.83. The van der Waals surface area contributed by atoms with E-state index >= 15 is 0 Å². The minimum Gasteiger partial charge on any atom is -0.439 e. The van der Waals surface area contributed by atoms with Crippen LogP contribution in [0.3, 0.4) is 0 Å². The van der Waals surface area contributed by atoms with E-state index in [4.69, 9.17) is 21.1 Å². The van der Waals surface area contributed by atoms with E-state index in [1.807, 2.05) is 30.5 Å². The molecule has 0 unspecified atom stereocenters. The fraction of sp³-hybridized carbons (Fsp3) is 0.286. The molecule has 1 aromatic carbocycles. The van der Waals surface area contributed by atoms with Gasteiger partial charge in [-0.05, 0) is 30.4 Å². The largest absolute Gasteiger partial charge is 0.439 e. The zero-order valence-electron chi connectivity index (χ0n) is 11.3. The minimum absolute atomic E-state index is 0.371. The van der Waals surface area contributed by atoms with Gasteiger partial charge in [0.2, 0.25) is 5.88 Å². The molecule has 0 N–H and O–H groups in total. The van der Waals surface area contributed by atoms with Crippen LogP contribution in [0.2, 0.25) is 5.15 Å². The van der Waals surface area contributed by atoms with Crippen molar-refractivity contribution >= 4 is 23.4 Å². The molecule has 4 nitrogen and oxygen atoms in total. The maximum atomic E-state index is 5.92. The second kappa shape index (κ2) is 7.47. The first-order valence-corrected chi connectivity index (χ1v) is 7.66. The molecule has 2 rings (SSSR count). The molecule has 6 heteroatoms. The van der Waals surface area contributed by atoms with Crippen LogP contribution in [-0.2, 0) is 11.2 Å². The van der Waals surface area contributed by atoms with Gasteiger partial charge in [0.25, 0.3) is 0 Å². The Morgan fingerprint density at radius 3 is 2.60 bits per heavy atom. The Morgan fingerprint density at radius 2 is 1.95 bits per heavy atom. The summed E-state index contributed by atoms with van der Waals surface area (Å²) in [4.78, 5) is 8.31. The van der Waals surface area contributed by atoms with Crippen molar-refractivity contribution < 1.29 is 9.47 Å². The van der Waals surface area contributed by atoms with Gasteiger partial charge >= 0.3 is 0 Å². The van der Waals surface area contributed by atoms with Crippen LogP contribution < -0.4 is 4.74 Å². The monoisotopic (exact) mass is 310 g/mol. The third-order valence-corrected chi connectivity index (χ3v) is 3.32. The van der Waals surface area contributed by atoms with Gasteiger partial charge in [-0.25, -0.2) is 4.98 Å². The summed E-state index contributed by atoms with van der Waals surface area (Å²) >= 11 is 7.34. The molecule has 1 heterocycles. The van der Waals surface area contributed by atoms with E-state index in [9.17, 15) is 0 Å². The third kappa shape index (κ3) is 4.37. The summed E-state index contributed by atoms with van der Waals surface area (Å²) in [6.45, 7) is 0.707. The number of nitrogens with zero attached hydrogens (tertiary/aromatic N) is 2. The molecule has 0 bridgehead atoms. The quantitative estimate of drug-likeness (QED) is 0.461. The molecule has 20 heavy (non-hydrogen) atoms. The summed E-state index contributed by atoms with van der Waals surface area (Å²) in [5.74, 6) is 1.16. The highest BCUT2D eigenvalue weighted by Crippen LogP contribution is 2.24. The minimum atomic E-state index is 0.371. The predicted molar refractivity (Wildman–Crippen MR) is 80.9 cm³/mol. The topological polar surface area (TPSA) is 44.2 Å². The van der Waals surface area contributed by atoms with Crippen molar-refractivity contribution in [2.24, 2.45) is 0 Å². The summed E-state index contributed by atoms with van der Waals surface area (Å²) in [7, 11) is 1.69. The molecule has 0 spiro atoms. The summed E-state index contributed by atoms with van der Waals surface area (Å²) < 4.78 is 10.7. The number of ether oxygens (including phenoxy) is 2. The van der Waals surface area contributed by atoms with E-state index < -0.39 is 0 Å². The molecule has 0 aliphatic carbocycles. The lowest BCUT2D eigenvalue weighted by Crippen LogP contribution is -1.95. The number of rotatable bonds is 6. The fourth-order valence-electron chi connectivity index (χ4n) is 1.59. The van der Waals surface area contributed by atoms with E-state index in [1.165, 1.54) is 17.3 Å². The number of halogens is 1. The first-order chi connectivity index (χ1) is 9.71. The van der Waals surface area contributed by atoms with Gasteiger partial charge in [0, 0.05) is 13.2 Å². The Hall–Kier alpha value is -1.30. The van der Waals surface area contributed by atoms with Gasteiger partial charge in [-0.2, -0.15) is 4.98 Å². The van der Waals surface area contributed by atoms with Crippen LogP contribution in [0.15, 0.2) is 35.5 Å². The Bertz CT molecular complexity index is 564. The van der Waals surface area contributed by atoms with Crippen LogP contribution in [0.5, 0.6) is 11.6 Å². The highest BCUT2D eigenvalue weighted by Gasteiger charge is 2.05. The molecule has 0 radical (unpaired) electrons. The number of hydrogen-bond acceptors (Lipinski definition) is 5. The van der Waals surface area contributed by atoms with Crippen molar-refractivity contribution in [2.45, 2.75) is 11.6 Å². The summed E-state index contributed by atoms with van der Waals surface area (Å²) in [5, 5.41) is 0.959. The number of benzene rings is 1. The molecule has 0 aliphatic heterocycles. The smallest absolute Gasteiger partial charge is 0.224 e. The Labute approximate surface area is 127 Å². The molecule has 2 aromatic rings. The van der Waals surface area contributed by atoms with Crippen molar-refractivity contribution in [3.8, 4) is 11.6 Å². The Kier molecular flexibility index (Phi) is 5.64. The van der Waals surface area contributed by atoms with Crippen LogP contribution in [0, 0.1) is 0 Å². The standard InChI is InChI=1S/C14H15ClN2O2S/c1-18-8-7-10-3-5-11(6-4-10)19-13-9-12(15)16-14(17-13)20-2/h3-6,9H,7-8H2,1-2H3. The molecule has 0 amide bonds. The van der Waals surface area contributed by atoms with E-state index in [0.29, 0.717) is 28.5 Å². The van der Waals surface area contributed by atoms with E-state index in [0.717, 1.165) is 6.42 Å². The van der Waals surface area contributed by atoms with Gasteiger partial charge in [0.15, 0.2) is 5.16 Å². The van der Waals surface area contributed by atoms with Crippen molar-refractivity contribution in [2.75, 3.05) is 20.0 Å². The second-order valence-electron chi connectivity index (χ2n) is 4.00. The lowest BCUT2D eigenvalue weighted by atomic mass is 10.1. The molecule has 0 aliphatic rings. The van der Waals surface area contributed by atoms with Crippen LogP contribution in [-0.4, -0.2) is 29.9 Å². The van der Waals surface area contributed by atoms with E-state index in [2.05, 4.69) is 9.97 Å². The third-order valence-electron chi connectivity index (χ3n) is 2.57.